The zero-order valence-electron chi connectivity index (χ0n) is 55.8. The van der Waals surface area contributed by atoms with Gasteiger partial charge in [0.2, 0.25) is 23.7 Å². The van der Waals surface area contributed by atoms with Crippen LogP contribution in [0, 0.1) is 23.7 Å². The number of hydrogen-bond donors (Lipinski definition) is 3. The van der Waals surface area contributed by atoms with Crippen LogP contribution in [0.25, 0.3) is 22.3 Å². The number of phosphoric acid groups is 2. The number of nitrogens with one attached hydrogen (secondary N) is 1. The summed E-state index contributed by atoms with van der Waals surface area (Å²) < 4.78 is 168. The number of nitrogens with zero attached hydrogens (tertiary/aromatic N) is 8. The predicted octanol–water partition coefficient (Wildman–Crippen LogP) is 14.6. The highest BCUT2D eigenvalue weighted by Crippen LogP contribution is 2.65. The van der Waals surface area contributed by atoms with E-state index in [0.29, 0.717) is 30.8 Å². The fourth-order valence-electron chi connectivity index (χ4n) is 10.3. The van der Waals surface area contributed by atoms with Crippen LogP contribution < -0.4 is 25.3 Å². The SMILES string of the molecule is CC(C)CO.CC(C)COP(=O)(Cl)Cl.CCOc1nc(N)nc2c1ncn2[C@@H]1O[C@]2(F)COP(=O)(OCC(C)C)O[C@H]2[C@@]1(C)F.CCOc1nc(NC(c2ccccc2)(c2ccccc2)c2ccc(OC)cc2)nc2c1ncn2[C@@H]1O[C@]2(F)COP(=O)(OCC(C)C)O[C@H]2[C@@]1(C)F. The van der Waals surface area contributed by atoms with Gasteiger partial charge in [0.05, 0.1) is 52.8 Å². The molecule has 4 aliphatic rings. The third-order valence-corrected chi connectivity index (χ3v) is 18.6. The summed E-state index contributed by atoms with van der Waals surface area (Å²) in [6, 6.07) is 27.2. The molecule has 534 valence electrons. The average Bonchev–Trinajstić information content (AvgIpc) is 1.59. The van der Waals surface area contributed by atoms with E-state index in [4.69, 9.17) is 94.1 Å². The number of phosphoric ester groups is 2. The summed E-state index contributed by atoms with van der Waals surface area (Å²) >= 11 is 10.2. The van der Waals surface area contributed by atoms with Crippen molar-refractivity contribution < 1.29 is 91.7 Å². The van der Waals surface area contributed by atoms with Gasteiger partial charge in [-0.3, -0.25) is 40.8 Å². The highest BCUT2D eigenvalue weighted by atomic mass is 35.9. The third-order valence-electron chi connectivity index (χ3n) is 14.9. The third kappa shape index (κ3) is 17.7. The van der Waals surface area contributed by atoms with Crippen LogP contribution in [-0.2, 0) is 60.4 Å². The van der Waals surface area contributed by atoms with Crippen LogP contribution in [0.2, 0.25) is 0 Å². The average molecular weight is 1460 g/mol. The molecule has 3 aromatic carbocycles. The molecule has 8 heterocycles. The van der Waals surface area contributed by atoms with E-state index in [-0.39, 0.29) is 84.2 Å². The summed E-state index contributed by atoms with van der Waals surface area (Å²) in [7, 11) is -6.89. The highest BCUT2D eigenvalue weighted by Gasteiger charge is 2.72. The number of nitrogens with two attached hydrogens (primary N) is 1. The number of aromatic nitrogens is 8. The van der Waals surface area contributed by atoms with Gasteiger partial charge in [-0.1, -0.05) is 128 Å². The van der Waals surface area contributed by atoms with Crippen LogP contribution in [-0.4, -0.2) is 139 Å². The smallest absolute Gasteiger partial charge is 0.475 e. The Kier molecular flexibility index (Phi) is 25.0. The Hall–Kier alpha value is -5.65. The van der Waals surface area contributed by atoms with Gasteiger partial charge in [0.15, 0.2) is 58.3 Å². The van der Waals surface area contributed by atoms with Gasteiger partial charge < -0.3 is 44.4 Å². The highest BCUT2D eigenvalue weighted by molar-refractivity contribution is 8.05. The Balaban J connectivity index is 0.000000224. The summed E-state index contributed by atoms with van der Waals surface area (Å²) in [4.78, 5) is 26.2. The van der Waals surface area contributed by atoms with E-state index in [9.17, 15) is 13.7 Å². The molecule has 26 nitrogen and oxygen atoms in total. The molecule has 4 fully saturated rings. The first kappa shape index (κ1) is 77.1. The minimum Gasteiger partial charge on any atom is -0.497 e. The fraction of sp³-hybridized carbons (Fsp3) is 0.548. The molecule has 4 aliphatic heterocycles. The topological polar surface area (TPSA) is 307 Å². The number of nitrogen functional groups attached to an aromatic ring is 1. The largest absolute Gasteiger partial charge is 0.497 e. The zero-order valence-corrected chi connectivity index (χ0v) is 60.0. The summed E-state index contributed by atoms with van der Waals surface area (Å²) in [5.74, 6) is -3.99. The van der Waals surface area contributed by atoms with Crippen molar-refractivity contribution >= 4 is 78.4 Å². The van der Waals surface area contributed by atoms with Crippen molar-refractivity contribution in [1.29, 1.82) is 0 Å². The first-order valence-electron chi connectivity index (χ1n) is 31.1. The van der Waals surface area contributed by atoms with Crippen molar-refractivity contribution in [2.24, 2.45) is 23.7 Å². The Labute approximate surface area is 569 Å². The number of imidazole rings is 2. The Morgan fingerprint density at radius 3 is 1.45 bits per heavy atom. The summed E-state index contributed by atoms with van der Waals surface area (Å²) in [6.07, 6.45) is -7.91. The van der Waals surface area contributed by atoms with Crippen molar-refractivity contribution in [2.75, 3.05) is 71.0 Å². The van der Waals surface area contributed by atoms with Gasteiger partial charge in [0.1, 0.15) is 24.5 Å². The molecule has 35 heteroatoms. The van der Waals surface area contributed by atoms with Crippen molar-refractivity contribution in [3.63, 3.8) is 0 Å². The van der Waals surface area contributed by atoms with E-state index in [1.165, 1.54) is 21.8 Å². The number of rotatable bonds is 22. The van der Waals surface area contributed by atoms with Crippen LogP contribution >= 0.6 is 44.2 Å². The van der Waals surface area contributed by atoms with Crippen molar-refractivity contribution in [1.82, 2.24) is 39.0 Å². The number of halogens is 6. The van der Waals surface area contributed by atoms with Gasteiger partial charge in [0, 0.05) is 6.61 Å². The molecule has 11 rings (SSSR count). The minimum absolute atomic E-state index is 0.000388. The lowest BCUT2D eigenvalue weighted by atomic mass is 9.77. The second-order valence-corrected chi connectivity index (χ2v) is 32.4. The normalized spacial score (nSPS) is 27.0. The molecule has 0 saturated carbocycles. The number of fused-ring (bicyclic) bond motifs is 4. The number of benzene rings is 3. The number of methoxy groups -OCH3 is 1. The van der Waals surface area contributed by atoms with Crippen LogP contribution in [0.3, 0.4) is 0 Å². The molecule has 0 amide bonds. The number of anilines is 2. The monoisotopic (exact) mass is 1460 g/mol. The molecular formula is C62H83Cl2F4N10O16P3. The van der Waals surface area contributed by atoms with Crippen molar-refractivity contribution in [3.8, 4) is 17.5 Å². The maximum atomic E-state index is 17.0. The summed E-state index contributed by atoms with van der Waals surface area (Å²) in [5.41, 5.74) is 2.66. The molecule has 4 saturated heterocycles. The molecule has 0 bridgehead atoms. The lowest BCUT2D eigenvalue weighted by Crippen LogP contribution is -2.51. The lowest BCUT2D eigenvalue weighted by molar-refractivity contribution is -0.220. The quantitative estimate of drug-likeness (QED) is 0.0322. The first-order valence-corrected chi connectivity index (χ1v) is 37.5. The molecule has 0 spiro atoms. The van der Waals surface area contributed by atoms with Crippen molar-refractivity contribution in [2.45, 2.75) is 136 Å². The molecule has 0 radical (unpaired) electrons. The van der Waals surface area contributed by atoms with Gasteiger partial charge in [-0.05, 0) is 103 Å². The van der Waals surface area contributed by atoms with Gasteiger partial charge in [-0.25, -0.2) is 36.7 Å². The molecule has 2 unspecified atom stereocenters. The van der Waals surface area contributed by atoms with Gasteiger partial charge in [-0.2, -0.15) is 19.9 Å². The molecule has 4 N–H and O–H groups in total. The van der Waals surface area contributed by atoms with Crippen LogP contribution in [0.5, 0.6) is 17.5 Å². The van der Waals surface area contributed by atoms with Gasteiger partial charge in [0.25, 0.3) is 11.7 Å². The number of alkyl halides is 4. The Bertz CT molecular complexity index is 3870. The number of aliphatic hydroxyl groups excluding tert-OH is 1. The zero-order chi connectivity index (χ0) is 71.1. The lowest BCUT2D eigenvalue weighted by Gasteiger charge is -2.37. The first-order chi connectivity index (χ1) is 45.6. The molecule has 10 atom stereocenters. The molecule has 4 aromatic heterocycles. The van der Waals surface area contributed by atoms with Crippen LogP contribution in [0.15, 0.2) is 97.6 Å². The van der Waals surface area contributed by atoms with Gasteiger partial charge in [-0.15, -0.1) is 0 Å². The number of hydrogen-bond acceptors (Lipinski definition) is 24. The van der Waals surface area contributed by atoms with Crippen molar-refractivity contribution in [3.05, 3.63) is 114 Å². The Morgan fingerprint density at radius 1 is 0.660 bits per heavy atom. The standard InChI is InChI=1S/C37H40F2N5O7P.C17H24F2N5O6P.C4H9Cl2O2P.C4H10O/c1-6-47-31-29-30(44(23-40-29)33-35(4,38)32-36(39,50-33)22-49-52(45,51-32)48-21-24(2)3)41-34(42-31)43-37(25-13-9-7-10-14-25,26-15-11-8-12-16-26)27-17-19-28(46-5)20-18-27;1-5-26-12-10-11(22-15(20)23-12)24(8-21-10)14-16(4,18)13-17(19,29-14)7-28-31(25,30-13)27-6-9(2)3;1-4(2)3-8-9(5,6)7;1-4(2)3-5/h7-20,23-24,32-33H,6,21-22H2,1-5H3,(H,41,42,43);8-9,13-14H,5-7H2,1-4H3,(H2,20,22,23);4H,3H2,1-2H3;4-5H,3H2,1-2H3/t32-,33+,35+,36+,52?;13-,14+,16+,17+,31?;;/m00../s1. The van der Waals surface area contributed by atoms with E-state index < -0.39 is 88.2 Å². The van der Waals surface area contributed by atoms with E-state index in [1.807, 2.05) is 140 Å². The Morgan fingerprint density at radius 2 is 1.07 bits per heavy atom. The van der Waals surface area contributed by atoms with E-state index in [2.05, 4.69) is 29.8 Å². The van der Waals surface area contributed by atoms with E-state index in [1.54, 1.807) is 21.0 Å². The van der Waals surface area contributed by atoms with Gasteiger partial charge >= 0.3 is 21.7 Å². The van der Waals surface area contributed by atoms with E-state index in [0.717, 1.165) is 30.5 Å². The molecule has 7 aromatic rings. The summed E-state index contributed by atoms with van der Waals surface area (Å²) in [5, 5.41) is 11.7. The maximum absolute atomic E-state index is 17.0. The number of ether oxygens (including phenoxy) is 5. The summed E-state index contributed by atoms with van der Waals surface area (Å²) in [6.45, 7) is 20.3. The van der Waals surface area contributed by atoms with E-state index >= 15 is 17.6 Å². The second-order valence-electron chi connectivity index (χ2n) is 24.9. The molecular weight excluding hydrogens is 1380 g/mol. The second kappa shape index (κ2) is 31.5. The maximum Gasteiger partial charge on any atom is 0.475 e. The molecule has 97 heavy (non-hydrogen) atoms. The predicted molar refractivity (Wildman–Crippen MR) is 354 cm³/mol. The fourth-order valence-corrected chi connectivity index (χ4v) is 14.4. The van der Waals surface area contributed by atoms with Crippen LogP contribution in [0.4, 0.5) is 29.5 Å². The minimum atomic E-state index is -4.30. The molecule has 0 aliphatic carbocycles. The number of aliphatic hydroxyl groups is 1. The van der Waals surface area contributed by atoms with Crippen LogP contribution in [0.1, 0.15) is 112 Å².